The van der Waals surface area contributed by atoms with E-state index in [0.29, 0.717) is 17.7 Å². The lowest BCUT2D eigenvalue weighted by molar-refractivity contribution is -0.134. The van der Waals surface area contributed by atoms with Crippen LogP contribution >= 0.6 is 0 Å². The number of aromatic hydroxyl groups is 1. The molecule has 0 radical (unpaired) electrons. The highest BCUT2D eigenvalue weighted by Crippen LogP contribution is 2.30. The Morgan fingerprint density at radius 1 is 1.17 bits per heavy atom. The molecule has 0 unspecified atom stereocenters. The van der Waals surface area contributed by atoms with E-state index in [1.807, 2.05) is 18.2 Å². The molecule has 0 heterocycles. The van der Waals surface area contributed by atoms with Gasteiger partial charge in [0.25, 0.3) is 0 Å². The Bertz CT molecular complexity index is 561. The van der Waals surface area contributed by atoms with Gasteiger partial charge >= 0.3 is 5.97 Å². The smallest absolute Gasteiger partial charge is 0.310 e. The van der Waals surface area contributed by atoms with Crippen LogP contribution in [-0.2, 0) is 4.79 Å². The number of phenolic OH excluding ortho intramolecular Hbond substituents is 1. The van der Waals surface area contributed by atoms with Crippen LogP contribution in [0.2, 0.25) is 0 Å². The van der Waals surface area contributed by atoms with Gasteiger partial charge in [0.1, 0.15) is 11.5 Å². The van der Waals surface area contributed by atoms with Crippen LogP contribution < -0.4 is 4.74 Å². The number of benzene rings is 2. The van der Waals surface area contributed by atoms with Gasteiger partial charge in [0.05, 0.1) is 0 Å². The molecule has 0 amide bonds. The number of esters is 1. The van der Waals surface area contributed by atoms with E-state index in [-0.39, 0.29) is 11.7 Å². The first-order chi connectivity index (χ1) is 8.70. The van der Waals surface area contributed by atoms with Crippen molar-refractivity contribution in [3.8, 4) is 22.6 Å². The van der Waals surface area contributed by atoms with Crippen molar-refractivity contribution >= 4 is 5.97 Å². The van der Waals surface area contributed by atoms with Crippen molar-refractivity contribution in [3.05, 3.63) is 48.5 Å². The highest BCUT2D eigenvalue weighted by Gasteiger charge is 2.06. The van der Waals surface area contributed by atoms with E-state index in [2.05, 4.69) is 0 Å². The van der Waals surface area contributed by atoms with Gasteiger partial charge in [-0.2, -0.15) is 0 Å². The molecule has 0 aliphatic rings. The van der Waals surface area contributed by atoms with Crippen LogP contribution in [0.4, 0.5) is 0 Å². The molecule has 2 aromatic rings. The van der Waals surface area contributed by atoms with Gasteiger partial charge in [-0.3, -0.25) is 4.79 Å². The zero-order valence-electron chi connectivity index (χ0n) is 10.1. The second-order valence-electron chi connectivity index (χ2n) is 3.87. The second-order valence-corrected chi connectivity index (χ2v) is 3.87. The van der Waals surface area contributed by atoms with E-state index >= 15 is 0 Å². The maximum atomic E-state index is 11.2. The molecule has 2 rings (SSSR count). The lowest BCUT2D eigenvalue weighted by atomic mass is 10.0. The molecule has 92 valence electrons. The van der Waals surface area contributed by atoms with E-state index in [4.69, 9.17) is 4.74 Å². The summed E-state index contributed by atoms with van der Waals surface area (Å²) in [5.74, 6) is 0.420. The van der Waals surface area contributed by atoms with Crippen LogP contribution in [0.1, 0.15) is 13.3 Å². The van der Waals surface area contributed by atoms with Gasteiger partial charge in [-0.1, -0.05) is 37.3 Å². The van der Waals surface area contributed by atoms with E-state index in [1.165, 1.54) is 0 Å². The van der Waals surface area contributed by atoms with Crippen LogP contribution in [0.5, 0.6) is 11.5 Å². The zero-order chi connectivity index (χ0) is 13.0. The predicted octanol–water partition coefficient (Wildman–Crippen LogP) is 3.37. The van der Waals surface area contributed by atoms with Crippen molar-refractivity contribution in [1.82, 2.24) is 0 Å². The standard InChI is InChI=1S/C15H14O3/c1-2-15(17)18-12-7-5-6-11(10-12)13-8-3-4-9-14(13)16/h3-10,16H,2H2,1H3. The predicted molar refractivity (Wildman–Crippen MR) is 69.5 cm³/mol. The summed E-state index contributed by atoms with van der Waals surface area (Å²) >= 11 is 0. The molecule has 3 heteroatoms. The SMILES string of the molecule is CCC(=O)Oc1cccc(-c2ccccc2O)c1. The molecule has 2 aromatic carbocycles. The van der Waals surface area contributed by atoms with Crippen molar-refractivity contribution in [1.29, 1.82) is 0 Å². The van der Waals surface area contributed by atoms with E-state index in [0.717, 1.165) is 5.56 Å². The highest BCUT2D eigenvalue weighted by molar-refractivity contribution is 5.74. The van der Waals surface area contributed by atoms with Crippen LogP contribution in [0.15, 0.2) is 48.5 Å². The zero-order valence-corrected chi connectivity index (χ0v) is 10.1. The van der Waals surface area contributed by atoms with Gasteiger partial charge in [-0.25, -0.2) is 0 Å². The molecule has 0 atom stereocenters. The summed E-state index contributed by atoms with van der Waals surface area (Å²) in [4.78, 5) is 11.2. The number of hydrogen-bond donors (Lipinski definition) is 1. The third kappa shape index (κ3) is 2.69. The van der Waals surface area contributed by atoms with E-state index in [9.17, 15) is 9.90 Å². The maximum Gasteiger partial charge on any atom is 0.310 e. The quantitative estimate of drug-likeness (QED) is 0.663. The third-order valence-corrected chi connectivity index (χ3v) is 2.57. The number of carbonyl (C=O) groups excluding carboxylic acids is 1. The summed E-state index contributed by atoms with van der Waals surface area (Å²) in [6.45, 7) is 1.75. The Labute approximate surface area is 106 Å². The summed E-state index contributed by atoms with van der Waals surface area (Å²) in [6.07, 6.45) is 0.334. The number of carbonyl (C=O) groups is 1. The first-order valence-electron chi connectivity index (χ1n) is 5.80. The number of phenols is 1. The first kappa shape index (κ1) is 12.2. The van der Waals surface area contributed by atoms with Crippen molar-refractivity contribution in [2.45, 2.75) is 13.3 Å². The normalized spacial score (nSPS) is 10.1. The molecule has 18 heavy (non-hydrogen) atoms. The monoisotopic (exact) mass is 242 g/mol. The number of rotatable bonds is 3. The average Bonchev–Trinajstić information content (AvgIpc) is 2.39. The van der Waals surface area contributed by atoms with Crippen LogP contribution in [0.25, 0.3) is 11.1 Å². The molecular formula is C15H14O3. The lowest BCUT2D eigenvalue weighted by Gasteiger charge is -2.07. The highest BCUT2D eigenvalue weighted by atomic mass is 16.5. The minimum Gasteiger partial charge on any atom is -0.507 e. The van der Waals surface area contributed by atoms with Gasteiger partial charge in [-0.15, -0.1) is 0 Å². The number of hydrogen-bond acceptors (Lipinski definition) is 3. The van der Waals surface area contributed by atoms with Gasteiger partial charge in [0.2, 0.25) is 0 Å². The molecule has 1 N–H and O–H groups in total. The third-order valence-electron chi connectivity index (χ3n) is 2.57. The van der Waals surface area contributed by atoms with Crippen molar-refractivity contribution < 1.29 is 14.6 Å². The fourth-order valence-electron chi connectivity index (χ4n) is 1.65. The molecule has 0 aromatic heterocycles. The largest absolute Gasteiger partial charge is 0.507 e. The fraction of sp³-hybridized carbons (Fsp3) is 0.133. The van der Waals surface area contributed by atoms with Crippen LogP contribution in [-0.4, -0.2) is 11.1 Å². The molecule has 0 saturated heterocycles. The maximum absolute atomic E-state index is 11.2. The Morgan fingerprint density at radius 2 is 1.94 bits per heavy atom. The summed E-state index contributed by atoms with van der Waals surface area (Å²) in [7, 11) is 0. The molecular weight excluding hydrogens is 228 g/mol. The first-order valence-corrected chi connectivity index (χ1v) is 5.80. The van der Waals surface area contributed by atoms with Gasteiger partial charge in [-0.05, 0) is 23.8 Å². The van der Waals surface area contributed by atoms with Gasteiger partial charge in [0.15, 0.2) is 0 Å². The van der Waals surface area contributed by atoms with Crippen LogP contribution in [0, 0.1) is 0 Å². The van der Waals surface area contributed by atoms with Crippen molar-refractivity contribution in [3.63, 3.8) is 0 Å². The summed E-state index contributed by atoms with van der Waals surface area (Å²) < 4.78 is 5.14. The second kappa shape index (κ2) is 5.36. The summed E-state index contributed by atoms with van der Waals surface area (Å²) in [5, 5.41) is 9.78. The number of para-hydroxylation sites is 1. The number of ether oxygens (including phenoxy) is 1. The Kier molecular flexibility index (Phi) is 3.63. The minimum absolute atomic E-state index is 0.205. The Balaban J connectivity index is 2.33. The Hall–Kier alpha value is -2.29. The van der Waals surface area contributed by atoms with Gasteiger partial charge in [0, 0.05) is 12.0 Å². The van der Waals surface area contributed by atoms with Crippen molar-refractivity contribution in [2.24, 2.45) is 0 Å². The lowest BCUT2D eigenvalue weighted by Crippen LogP contribution is -2.05. The Morgan fingerprint density at radius 3 is 2.67 bits per heavy atom. The summed E-state index contributed by atoms with van der Waals surface area (Å²) in [5.41, 5.74) is 1.53. The average molecular weight is 242 g/mol. The molecule has 0 aliphatic heterocycles. The molecule has 3 nitrogen and oxygen atoms in total. The van der Waals surface area contributed by atoms with Crippen LogP contribution in [0.3, 0.4) is 0 Å². The van der Waals surface area contributed by atoms with Crippen molar-refractivity contribution in [2.75, 3.05) is 0 Å². The van der Waals surface area contributed by atoms with E-state index < -0.39 is 0 Å². The molecule has 0 bridgehead atoms. The topological polar surface area (TPSA) is 46.5 Å². The molecule has 0 fully saturated rings. The minimum atomic E-state index is -0.274. The fourth-order valence-corrected chi connectivity index (χ4v) is 1.65. The van der Waals surface area contributed by atoms with Gasteiger partial charge < -0.3 is 9.84 Å². The summed E-state index contributed by atoms with van der Waals surface area (Å²) in [6, 6.07) is 14.2. The van der Waals surface area contributed by atoms with E-state index in [1.54, 1.807) is 37.3 Å². The molecule has 0 aliphatic carbocycles. The molecule has 0 saturated carbocycles. The molecule has 0 spiro atoms.